The standard InChI is InChI=1S/C17H14Cl2N4O2/c1-10-20-16(17(24)21-13-3-5-15(25-2)6-4-13)22-23(10)14-8-11(18)7-12(19)9-14/h3-9H,1-2H3,(H,21,24). The zero-order valence-corrected chi connectivity index (χ0v) is 15.0. The molecule has 0 bridgehead atoms. The van der Waals surface area contributed by atoms with Gasteiger partial charge in [-0.1, -0.05) is 23.2 Å². The van der Waals surface area contributed by atoms with E-state index in [-0.39, 0.29) is 5.82 Å². The lowest BCUT2D eigenvalue weighted by Crippen LogP contribution is -2.14. The highest BCUT2D eigenvalue weighted by Gasteiger charge is 2.16. The number of carbonyl (C=O) groups excluding carboxylic acids is 1. The molecule has 3 aromatic rings. The Morgan fingerprint density at radius 1 is 1.12 bits per heavy atom. The summed E-state index contributed by atoms with van der Waals surface area (Å²) in [6, 6.07) is 12.0. The second kappa shape index (κ2) is 7.13. The molecule has 2 aromatic carbocycles. The van der Waals surface area contributed by atoms with Crippen LogP contribution in [0.25, 0.3) is 5.69 Å². The van der Waals surface area contributed by atoms with Crippen LogP contribution in [0.2, 0.25) is 10.0 Å². The molecule has 0 radical (unpaired) electrons. The van der Waals surface area contributed by atoms with E-state index < -0.39 is 5.91 Å². The Bertz CT molecular complexity index is 903. The predicted molar refractivity (Wildman–Crippen MR) is 97.1 cm³/mol. The lowest BCUT2D eigenvalue weighted by Gasteiger charge is -2.05. The van der Waals surface area contributed by atoms with Crippen molar-refractivity contribution >= 4 is 34.8 Å². The number of nitrogens with one attached hydrogen (secondary N) is 1. The number of benzene rings is 2. The number of aromatic nitrogens is 3. The number of rotatable bonds is 4. The first kappa shape index (κ1) is 17.3. The van der Waals surface area contributed by atoms with Crippen molar-refractivity contribution < 1.29 is 9.53 Å². The van der Waals surface area contributed by atoms with Gasteiger partial charge in [0.1, 0.15) is 11.6 Å². The minimum atomic E-state index is -0.417. The van der Waals surface area contributed by atoms with Crippen LogP contribution in [-0.4, -0.2) is 27.8 Å². The number of halogens is 2. The number of carbonyl (C=O) groups is 1. The molecule has 0 saturated heterocycles. The van der Waals surface area contributed by atoms with Crippen molar-refractivity contribution in [2.45, 2.75) is 6.92 Å². The van der Waals surface area contributed by atoms with Crippen LogP contribution < -0.4 is 10.1 Å². The van der Waals surface area contributed by atoms with Gasteiger partial charge in [-0.3, -0.25) is 4.79 Å². The smallest absolute Gasteiger partial charge is 0.295 e. The largest absolute Gasteiger partial charge is 0.497 e. The highest BCUT2D eigenvalue weighted by Crippen LogP contribution is 2.22. The average molecular weight is 377 g/mol. The molecule has 1 aromatic heterocycles. The summed E-state index contributed by atoms with van der Waals surface area (Å²) in [4.78, 5) is 16.6. The Hall–Kier alpha value is -2.57. The first-order valence-corrected chi connectivity index (χ1v) is 8.07. The normalized spacial score (nSPS) is 10.6. The molecule has 1 heterocycles. The summed E-state index contributed by atoms with van der Waals surface area (Å²) in [6.45, 7) is 1.74. The number of methoxy groups -OCH3 is 1. The van der Waals surface area contributed by atoms with Crippen molar-refractivity contribution in [3.05, 3.63) is 64.2 Å². The zero-order valence-electron chi connectivity index (χ0n) is 13.5. The van der Waals surface area contributed by atoms with Crippen molar-refractivity contribution in [2.75, 3.05) is 12.4 Å². The molecule has 0 saturated carbocycles. The summed E-state index contributed by atoms with van der Waals surface area (Å²) < 4.78 is 6.60. The van der Waals surface area contributed by atoms with Crippen LogP contribution in [0.5, 0.6) is 5.75 Å². The second-order valence-electron chi connectivity index (χ2n) is 5.20. The number of hydrogen-bond acceptors (Lipinski definition) is 4. The molecule has 8 heteroatoms. The third kappa shape index (κ3) is 3.92. The molecular formula is C17H14Cl2N4O2. The Kier molecular flexibility index (Phi) is 4.92. The van der Waals surface area contributed by atoms with Crippen LogP contribution in [0, 0.1) is 6.92 Å². The minimum Gasteiger partial charge on any atom is -0.497 e. The number of amides is 1. The molecule has 0 aliphatic rings. The third-order valence-electron chi connectivity index (χ3n) is 3.41. The molecule has 0 fully saturated rings. The maximum Gasteiger partial charge on any atom is 0.295 e. The Labute approximate surface area is 154 Å². The fourth-order valence-electron chi connectivity index (χ4n) is 2.25. The van der Waals surface area contributed by atoms with Crippen molar-refractivity contribution in [1.29, 1.82) is 0 Å². The molecule has 0 aliphatic carbocycles. The summed E-state index contributed by atoms with van der Waals surface area (Å²) in [5.41, 5.74) is 1.25. The van der Waals surface area contributed by atoms with Crippen molar-refractivity contribution in [1.82, 2.24) is 14.8 Å². The Balaban J connectivity index is 1.84. The average Bonchev–Trinajstić information content (AvgIpc) is 2.97. The first-order valence-electron chi connectivity index (χ1n) is 7.32. The van der Waals surface area contributed by atoms with E-state index in [0.29, 0.717) is 33.0 Å². The quantitative estimate of drug-likeness (QED) is 0.742. The van der Waals surface area contributed by atoms with Gasteiger partial charge in [0.15, 0.2) is 0 Å². The van der Waals surface area contributed by atoms with E-state index in [2.05, 4.69) is 15.4 Å². The first-order chi connectivity index (χ1) is 12.0. The molecule has 0 unspecified atom stereocenters. The number of ether oxygens (including phenoxy) is 1. The SMILES string of the molecule is COc1ccc(NC(=O)c2nc(C)n(-c3cc(Cl)cc(Cl)c3)n2)cc1. The Morgan fingerprint density at radius 3 is 2.36 bits per heavy atom. The number of nitrogens with zero attached hydrogens (tertiary/aromatic N) is 3. The second-order valence-corrected chi connectivity index (χ2v) is 6.08. The summed E-state index contributed by atoms with van der Waals surface area (Å²) in [7, 11) is 1.58. The molecular weight excluding hydrogens is 363 g/mol. The summed E-state index contributed by atoms with van der Waals surface area (Å²) in [5.74, 6) is 0.872. The van der Waals surface area contributed by atoms with Crippen LogP contribution in [0.4, 0.5) is 5.69 Å². The summed E-state index contributed by atoms with van der Waals surface area (Å²) in [5, 5.41) is 7.93. The zero-order chi connectivity index (χ0) is 18.0. The van der Waals surface area contributed by atoms with E-state index in [4.69, 9.17) is 27.9 Å². The van der Waals surface area contributed by atoms with E-state index in [1.807, 2.05) is 0 Å². The molecule has 1 amide bonds. The highest BCUT2D eigenvalue weighted by molar-refractivity contribution is 6.34. The Morgan fingerprint density at radius 2 is 1.76 bits per heavy atom. The van der Waals surface area contributed by atoms with Crippen LogP contribution in [-0.2, 0) is 0 Å². The minimum absolute atomic E-state index is 0.0458. The molecule has 0 aliphatic heterocycles. The topological polar surface area (TPSA) is 69.0 Å². The molecule has 0 spiro atoms. The molecule has 128 valence electrons. The summed E-state index contributed by atoms with van der Waals surface area (Å²) >= 11 is 12.0. The number of anilines is 1. The van der Waals surface area contributed by atoms with E-state index in [0.717, 1.165) is 0 Å². The van der Waals surface area contributed by atoms with Gasteiger partial charge in [-0.25, -0.2) is 9.67 Å². The maximum absolute atomic E-state index is 12.4. The number of hydrogen-bond donors (Lipinski definition) is 1. The monoisotopic (exact) mass is 376 g/mol. The van der Waals surface area contributed by atoms with Gasteiger partial charge in [-0.2, -0.15) is 0 Å². The van der Waals surface area contributed by atoms with Gasteiger partial charge in [0, 0.05) is 15.7 Å². The number of aryl methyl sites for hydroxylation is 1. The van der Waals surface area contributed by atoms with Gasteiger partial charge in [0.25, 0.3) is 5.91 Å². The lowest BCUT2D eigenvalue weighted by atomic mass is 10.3. The maximum atomic E-state index is 12.4. The molecule has 6 nitrogen and oxygen atoms in total. The molecule has 1 N–H and O–H groups in total. The van der Waals surface area contributed by atoms with Crippen LogP contribution in [0.15, 0.2) is 42.5 Å². The van der Waals surface area contributed by atoms with Crippen LogP contribution in [0.1, 0.15) is 16.4 Å². The van der Waals surface area contributed by atoms with Gasteiger partial charge in [-0.05, 0) is 49.4 Å². The van der Waals surface area contributed by atoms with Crippen LogP contribution >= 0.6 is 23.2 Å². The van der Waals surface area contributed by atoms with Crippen molar-refractivity contribution in [3.8, 4) is 11.4 Å². The highest BCUT2D eigenvalue weighted by atomic mass is 35.5. The lowest BCUT2D eigenvalue weighted by molar-refractivity contribution is 0.101. The van der Waals surface area contributed by atoms with Crippen molar-refractivity contribution in [2.24, 2.45) is 0 Å². The van der Waals surface area contributed by atoms with Gasteiger partial charge < -0.3 is 10.1 Å². The van der Waals surface area contributed by atoms with E-state index in [1.165, 1.54) is 4.68 Å². The molecule has 0 atom stereocenters. The third-order valence-corrected chi connectivity index (χ3v) is 3.85. The van der Waals surface area contributed by atoms with E-state index >= 15 is 0 Å². The predicted octanol–water partition coefficient (Wildman–Crippen LogP) is 4.14. The van der Waals surface area contributed by atoms with E-state index in [1.54, 1.807) is 56.5 Å². The van der Waals surface area contributed by atoms with Gasteiger partial charge in [0.2, 0.25) is 5.82 Å². The molecule has 25 heavy (non-hydrogen) atoms. The summed E-state index contributed by atoms with van der Waals surface area (Å²) in [6.07, 6.45) is 0. The van der Waals surface area contributed by atoms with E-state index in [9.17, 15) is 4.79 Å². The van der Waals surface area contributed by atoms with Gasteiger partial charge in [-0.15, -0.1) is 5.10 Å². The van der Waals surface area contributed by atoms with Gasteiger partial charge in [0.05, 0.1) is 12.8 Å². The molecule has 3 rings (SSSR count). The van der Waals surface area contributed by atoms with Crippen molar-refractivity contribution in [3.63, 3.8) is 0 Å². The fourth-order valence-corrected chi connectivity index (χ4v) is 2.77. The fraction of sp³-hybridized carbons (Fsp3) is 0.118. The van der Waals surface area contributed by atoms with Gasteiger partial charge >= 0.3 is 0 Å². The van der Waals surface area contributed by atoms with Crippen LogP contribution in [0.3, 0.4) is 0 Å².